The largest absolute Gasteiger partial charge is 0.444 e. The highest BCUT2D eigenvalue weighted by Crippen LogP contribution is 2.47. The molecule has 1 aromatic heterocycles. The molecule has 2 aromatic rings. The van der Waals surface area contributed by atoms with E-state index < -0.39 is 11.2 Å². The molecule has 6 heteroatoms. The molecule has 1 aliphatic carbocycles. The van der Waals surface area contributed by atoms with Gasteiger partial charge in [-0.15, -0.1) is 0 Å². The maximum absolute atomic E-state index is 12.5. The van der Waals surface area contributed by atoms with Gasteiger partial charge in [0.2, 0.25) is 0 Å². The molecule has 4 rings (SSSR count). The van der Waals surface area contributed by atoms with Crippen molar-refractivity contribution in [2.45, 2.75) is 51.7 Å². The van der Waals surface area contributed by atoms with Crippen molar-refractivity contribution in [1.82, 2.24) is 9.88 Å². The third kappa shape index (κ3) is 3.95. The first-order valence-corrected chi connectivity index (χ1v) is 11.1. The van der Waals surface area contributed by atoms with Gasteiger partial charge in [0.25, 0.3) is 0 Å². The molecular formula is C26H30N2O4. The fraction of sp³-hybridized carbons (Fsp3) is 0.423. The molecule has 6 nitrogen and oxygen atoms in total. The summed E-state index contributed by atoms with van der Waals surface area (Å²) < 4.78 is 5.52. The van der Waals surface area contributed by atoms with E-state index in [1.807, 2.05) is 58.0 Å². The van der Waals surface area contributed by atoms with Crippen LogP contribution in [-0.4, -0.2) is 46.1 Å². The van der Waals surface area contributed by atoms with Crippen LogP contribution in [0.25, 0.3) is 11.6 Å². The van der Waals surface area contributed by atoms with Crippen LogP contribution in [0.1, 0.15) is 61.6 Å². The van der Waals surface area contributed by atoms with Crippen molar-refractivity contribution in [3.8, 4) is 0 Å². The number of aromatic nitrogens is 1. The van der Waals surface area contributed by atoms with Gasteiger partial charge < -0.3 is 14.7 Å². The summed E-state index contributed by atoms with van der Waals surface area (Å²) >= 11 is 0. The number of fused-ring (bicyclic) bond motifs is 2. The lowest BCUT2D eigenvalue weighted by atomic mass is 9.72. The van der Waals surface area contributed by atoms with Crippen LogP contribution >= 0.6 is 0 Å². The molecule has 1 aromatic carbocycles. The number of carbonyl (C=O) groups is 2. The molecule has 1 saturated heterocycles. The highest BCUT2D eigenvalue weighted by Gasteiger charge is 2.47. The summed E-state index contributed by atoms with van der Waals surface area (Å²) in [5.74, 6) is -0.171. The second-order valence-electron chi connectivity index (χ2n) is 9.72. The normalized spacial score (nSPS) is 21.2. The van der Waals surface area contributed by atoms with E-state index in [2.05, 4.69) is 4.98 Å². The molecule has 2 heterocycles. The lowest BCUT2D eigenvalue weighted by Gasteiger charge is -2.42. The monoisotopic (exact) mass is 434 g/mol. The summed E-state index contributed by atoms with van der Waals surface area (Å²) in [4.78, 5) is 30.8. The molecule has 0 spiro atoms. The van der Waals surface area contributed by atoms with Crippen LogP contribution in [0, 0.1) is 12.8 Å². The summed E-state index contributed by atoms with van der Waals surface area (Å²) in [6.45, 7) is 8.50. The number of amides is 1. The van der Waals surface area contributed by atoms with E-state index in [9.17, 15) is 14.7 Å². The molecule has 1 unspecified atom stereocenters. The SMILES string of the molecule is Cc1ccc2c(c1)C(C=O)=Cc1cccnc1C2(O)C1CCN(C(=O)OC(C)(C)C)CC1. The molecule has 1 amide bonds. The van der Waals surface area contributed by atoms with Crippen molar-refractivity contribution in [2.75, 3.05) is 13.1 Å². The van der Waals surface area contributed by atoms with Crippen molar-refractivity contribution in [3.63, 3.8) is 0 Å². The van der Waals surface area contributed by atoms with E-state index in [0.717, 1.165) is 23.0 Å². The quantitative estimate of drug-likeness (QED) is 0.712. The summed E-state index contributed by atoms with van der Waals surface area (Å²) in [6, 6.07) is 9.50. The number of nitrogens with zero attached hydrogens (tertiary/aromatic N) is 2. The Morgan fingerprint density at radius 2 is 1.97 bits per heavy atom. The topological polar surface area (TPSA) is 79.7 Å². The predicted octanol–water partition coefficient (Wildman–Crippen LogP) is 4.33. The van der Waals surface area contributed by atoms with Crippen LogP contribution < -0.4 is 0 Å². The molecule has 1 N–H and O–H groups in total. The van der Waals surface area contributed by atoms with Gasteiger partial charge >= 0.3 is 6.09 Å². The Morgan fingerprint density at radius 1 is 1.25 bits per heavy atom. The Labute approximate surface area is 188 Å². The van der Waals surface area contributed by atoms with Gasteiger partial charge in [-0.3, -0.25) is 9.78 Å². The minimum atomic E-state index is -1.37. The molecule has 1 aliphatic heterocycles. The zero-order chi connectivity index (χ0) is 23.1. The number of aliphatic hydroxyl groups is 1. The van der Waals surface area contributed by atoms with Crippen LogP contribution in [0.15, 0.2) is 36.5 Å². The van der Waals surface area contributed by atoms with Crippen LogP contribution in [0.2, 0.25) is 0 Å². The highest BCUT2D eigenvalue weighted by atomic mass is 16.6. The third-order valence-electron chi connectivity index (χ3n) is 6.27. The number of hydrogen-bond acceptors (Lipinski definition) is 5. The predicted molar refractivity (Wildman–Crippen MR) is 123 cm³/mol. The maximum atomic E-state index is 12.5. The number of aldehydes is 1. The average molecular weight is 435 g/mol. The Kier molecular flexibility index (Phi) is 5.67. The van der Waals surface area contributed by atoms with Gasteiger partial charge in [-0.1, -0.05) is 29.8 Å². The zero-order valence-corrected chi connectivity index (χ0v) is 19.1. The number of rotatable bonds is 2. The van der Waals surface area contributed by atoms with Crippen LogP contribution in [0.3, 0.4) is 0 Å². The lowest BCUT2D eigenvalue weighted by molar-refractivity contribution is -0.103. The Hall–Kier alpha value is -2.99. The van der Waals surface area contributed by atoms with E-state index in [-0.39, 0.29) is 12.0 Å². The van der Waals surface area contributed by atoms with Crippen LogP contribution in [0.4, 0.5) is 4.79 Å². The smallest absolute Gasteiger partial charge is 0.410 e. The number of benzene rings is 1. The number of likely N-dealkylation sites (tertiary alicyclic amines) is 1. The molecule has 0 saturated carbocycles. The van der Waals surface area contributed by atoms with E-state index in [0.29, 0.717) is 42.8 Å². The Balaban J connectivity index is 1.74. The number of aryl methyl sites for hydroxylation is 1. The van der Waals surface area contributed by atoms with Crippen molar-refractivity contribution in [2.24, 2.45) is 5.92 Å². The minimum absolute atomic E-state index is 0.171. The lowest BCUT2D eigenvalue weighted by Crippen LogP contribution is -2.47. The van der Waals surface area contributed by atoms with Crippen molar-refractivity contribution < 1.29 is 19.4 Å². The molecular weight excluding hydrogens is 404 g/mol. The molecule has 168 valence electrons. The van der Waals surface area contributed by atoms with Gasteiger partial charge in [-0.2, -0.15) is 0 Å². The van der Waals surface area contributed by atoms with Crippen LogP contribution in [-0.2, 0) is 15.1 Å². The molecule has 0 radical (unpaired) electrons. The van der Waals surface area contributed by atoms with Gasteiger partial charge in [0.1, 0.15) is 11.2 Å². The van der Waals surface area contributed by atoms with E-state index in [1.165, 1.54) is 0 Å². The zero-order valence-electron chi connectivity index (χ0n) is 19.1. The number of hydrogen-bond donors (Lipinski definition) is 1. The van der Waals surface area contributed by atoms with E-state index in [4.69, 9.17) is 4.74 Å². The second-order valence-corrected chi connectivity index (χ2v) is 9.72. The van der Waals surface area contributed by atoms with Gasteiger partial charge in [-0.05, 0) is 63.8 Å². The second kappa shape index (κ2) is 8.17. The number of ether oxygens (including phenoxy) is 1. The van der Waals surface area contributed by atoms with E-state index >= 15 is 0 Å². The first-order valence-electron chi connectivity index (χ1n) is 11.1. The fourth-order valence-corrected chi connectivity index (χ4v) is 4.77. The van der Waals surface area contributed by atoms with Gasteiger partial charge in [0, 0.05) is 36.3 Å². The number of pyridine rings is 1. The standard InChI is InChI=1S/C26H30N2O4/c1-17-7-8-22-21(14-17)19(16-29)15-18-6-5-11-27-23(18)26(22,31)20-9-12-28(13-10-20)24(30)32-25(2,3)4/h5-8,11,14-16,20,31H,9-10,12-13H2,1-4H3. The summed E-state index contributed by atoms with van der Waals surface area (Å²) in [6.07, 6.45) is 5.18. The molecule has 32 heavy (non-hydrogen) atoms. The maximum Gasteiger partial charge on any atom is 0.410 e. The molecule has 1 atom stereocenters. The number of allylic oxidation sites excluding steroid dienone is 1. The number of carbonyl (C=O) groups excluding carboxylic acids is 2. The number of piperidine rings is 1. The minimum Gasteiger partial charge on any atom is -0.444 e. The average Bonchev–Trinajstić information content (AvgIpc) is 2.86. The van der Waals surface area contributed by atoms with E-state index in [1.54, 1.807) is 17.2 Å². The van der Waals surface area contributed by atoms with Crippen molar-refractivity contribution in [3.05, 3.63) is 64.5 Å². The Bertz CT molecular complexity index is 1080. The third-order valence-corrected chi connectivity index (χ3v) is 6.27. The van der Waals surface area contributed by atoms with Gasteiger partial charge in [0.05, 0.1) is 5.69 Å². The molecule has 1 fully saturated rings. The van der Waals surface area contributed by atoms with Gasteiger partial charge in [0.15, 0.2) is 6.29 Å². The first-order chi connectivity index (χ1) is 15.1. The summed E-state index contributed by atoms with van der Waals surface area (Å²) in [7, 11) is 0. The van der Waals surface area contributed by atoms with Crippen molar-refractivity contribution >= 4 is 24.0 Å². The summed E-state index contributed by atoms with van der Waals surface area (Å²) in [5.41, 5.74) is 2.32. The first kappa shape index (κ1) is 22.2. The van der Waals surface area contributed by atoms with Crippen molar-refractivity contribution in [1.29, 1.82) is 0 Å². The summed E-state index contributed by atoms with van der Waals surface area (Å²) in [5, 5.41) is 12.3. The van der Waals surface area contributed by atoms with Gasteiger partial charge in [-0.25, -0.2) is 4.79 Å². The molecule has 2 aliphatic rings. The Morgan fingerprint density at radius 3 is 2.62 bits per heavy atom. The van der Waals surface area contributed by atoms with Crippen LogP contribution in [0.5, 0.6) is 0 Å². The highest BCUT2D eigenvalue weighted by molar-refractivity contribution is 6.14. The fourth-order valence-electron chi connectivity index (χ4n) is 4.77. The molecule has 0 bridgehead atoms.